The van der Waals surface area contributed by atoms with E-state index >= 15 is 0 Å². The first-order valence-electron chi connectivity index (χ1n) is 7.31. The predicted octanol–water partition coefficient (Wildman–Crippen LogP) is -7.12. The minimum atomic E-state index is -1.69. The lowest BCUT2D eigenvalue weighted by molar-refractivity contribution is -0.173. The number of nitrogens with one attached hydrogen (secondary N) is 1. The highest BCUT2D eigenvalue weighted by molar-refractivity contribution is 5.10. The highest BCUT2D eigenvalue weighted by Crippen LogP contribution is 2.25. The number of hydrogen-bond donors (Lipinski definition) is 11. The molecule has 0 bridgehead atoms. The SMILES string of the molecule is N[C@H]1[C@H](O)[C@H](O)[C@@H](O)[C@@H](O)[C@@H]1N[C@@H]1[C@@H](N)[C@H](O)[C@H](O)[C@@H](O)[C@H]1O. The van der Waals surface area contributed by atoms with Gasteiger partial charge in [-0.25, -0.2) is 0 Å². The number of aliphatic hydroxyl groups is 8. The molecule has 2 saturated carbocycles. The van der Waals surface area contributed by atoms with E-state index in [1.54, 1.807) is 0 Å². The van der Waals surface area contributed by atoms with Crippen LogP contribution in [0.1, 0.15) is 0 Å². The summed E-state index contributed by atoms with van der Waals surface area (Å²) in [7, 11) is 0. The fraction of sp³-hybridized carbons (Fsp3) is 1.00. The molecule has 0 saturated heterocycles. The highest BCUT2D eigenvalue weighted by atomic mass is 16.4. The molecule has 0 spiro atoms. The summed E-state index contributed by atoms with van der Waals surface area (Å²) in [5.74, 6) is 0. The average molecular weight is 339 g/mol. The molecule has 2 rings (SSSR count). The van der Waals surface area contributed by atoms with E-state index in [0.29, 0.717) is 0 Å². The number of nitrogens with two attached hydrogens (primary N) is 2. The van der Waals surface area contributed by atoms with E-state index in [-0.39, 0.29) is 0 Å². The van der Waals surface area contributed by atoms with Crippen molar-refractivity contribution in [2.24, 2.45) is 11.5 Å². The van der Waals surface area contributed by atoms with E-state index in [1.165, 1.54) is 0 Å². The van der Waals surface area contributed by atoms with Gasteiger partial charge in [-0.05, 0) is 0 Å². The lowest BCUT2D eigenvalue weighted by Gasteiger charge is -2.48. The topological polar surface area (TPSA) is 226 Å². The molecule has 0 aromatic rings. The maximum absolute atomic E-state index is 10.0. The molecule has 136 valence electrons. The zero-order valence-corrected chi connectivity index (χ0v) is 12.2. The van der Waals surface area contributed by atoms with Gasteiger partial charge in [-0.2, -0.15) is 0 Å². The third-order valence-corrected chi connectivity index (χ3v) is 4.84. The van der Waals surface area contributed by atoms with Crippen LogP contribution in [0, 0.1) is 0 Å². The van der Waals surface area contributed by atoms with E-state index in [2.05, 4.69) is 5.32 Å². The molecule has 0 heterocycles. The Bertz CT molecular complexity index is 350. The molecule has 0 amide bonds. The first-order valence-corrected chi connectivity index (χ1v) is 7.31. The van der Waals surface area contributed by atoms with Crippen molar-refractivity contribution in [2.75, 3.05) is 0 Å². The maximum Gasteiger partial charge on any atom is 0.110 e. The van der Waals surface area contributed by atoms with Crippen LogP contribution in [0.2, 0.25) is 0 Å². The lowest BCUT2D eigenvalue weighted by atomic mass is 9.78. The summed E-state index contributed by atoms with van der Waals surface area (Å²) in [5.41, 5.74) is 11.5. The molecule has 12 atom stereocenters. The van der Waals surface area contributed by atoms with Gasteiger partial charge in [0.15, 0.2) is 0 Å². The van der Waals surface area contributed by atoms with Crippen molar-refractivity contribution in [2.45, 2.75) is 73.0 Å². The fourth-order valence-corrected chi connectivity index (χ4v) is 3.21. The lowest BCUT2D eigenvalue weighted by Crippen LogP contribution is -2.77. The first kappa shape index (κ1) is 18.9. The molecule has 11 heteroatoms. The van der Waals surface area contributed by atoms with Gasteiger partial charge >= 0.3 is 0 Å². The Morgan fingerprint density at radius 2 is 0.696 bits per heavy atom. The van der Waals surface area contributed by atoms with Crippen LogP contribution in [0.25, 0.3) is 0 Å². The first-order chi connectivity index (χ1) is 10.6. The Hall–Kier alpha value is -0.440. The molecule has 13 N–H and O–H groups in total. The van der Waals surface area contributed by atoms with Crippen molar-refractivity contribution in [3.05, 3.63) is 0 Å². The second-order valence-corrected chi connectivity index (χ2v) is 6.30. The summed E-state index contributed by atoms with van der Waals surface area (Å²) < 4.78 is 0. The van der Waals surface area contributed by atoms with E-state index < -0.39 is 73.0 Å². The Kier molecular flexibility index (Phi) is 5.60. The van der Waals surface area contributed by atoms with Crippen LogP contribution in [0.4, 0.5) is 0 Å². The summed E-state index contributed by atoms with van der Waals surface area (Å²) >= 11 is 0. The zero-order valence-electron chi connectivity index (χ0n) is 12.2. The van der Waals surface area contributed by atoms with Crippen molar-refractivity contribution >= 4 is 0 Å². The monoisotopic (exact) mass is 339 g/mol. The molecule has 2 aliphatic carbocycles. The number of aliphatic hydroxyl groups excluding tert-OH is 8. The van der Waals surface area contributed by atoms with Gasteiger partial charge in [0, 0.05) is 0 Å². The van der Waals surface area contributed by atoms with Crippen molar-refractivity contribution in [1.82, 2.24) is 5.32 Å². The molecule has 11 nitrogen and oxygen atoms in total. The van der Waals surface area contributed by atoms with Gasteiger partial charge in [0.05, 0.1) is 48.6 Å². The minimum Gasteiger partial charge on any atom is -0.389 e. The summed E-state index contributed by atoms with van der Waals surface area (Å²) in [6.45, 7) is 0. The quantitative estimate of drug-likeness (QED) is 0.226. The summed E-state index contributed by atoms with van der Waals surface area (Å²) in [4.78, 5) is 0. The van der Waals surface area contributed by atoms with E-state index in [0.717, 1.165) is 0 Å². The molecule has 0 aromatic heterocycles. The Morgan fingerprint density at radius 3 is 1.00 bits per heavy atom. The van der Waals surface area contributed by atoms with Gasteiger partial charge in [-0.1, -0.05) is 0 Å². The third kappa shape index (κ3) is 3.10. The minimum absolute atomic E-state index is 1.19. The molecule has 23 heavy (non-hydrogen) atoms. The van der Waals surface area contributed by atoms with Crippen LogP contribution < -0.4 is 16.8 Å². The van der Waals surface area contributed by atoms with E-state index in [4.69, 9.17) is 11.5 Å². The van der Waals surface area contributed by atoms with Gasteiger partial charge in [-0.3, -0.25) is 0 Å². The van der Waals surface area contributed by atoms with Gasteiger partial charge < -0.3 is 57.6 Å². The zero-order chi connectivity index (χ0) is 17.6. The van der Waals surface area contributed by atoms with Crippen LogP contribution in [-0.4, -0.2) is 114 Å². The van der Waals surface area contributed by atoms with Crippen LogP contribution in [-0.2, 0) is 0 Å². The fourth-order valence-electron chi connectivity index (χ4n) is 3.21. The van der Waals surface area contributed by atoms with Crippen molar-refractivity contribution in [1.29, 1.82) is 0 Å². The van der Waals surface area contributed by atoms with Crippen molar-refractivity contribution in [3.8, 4) is 0 Å². The van der Waals surface area contributed by atoms with Crippen LogP contribution in [0.15, 0.2) is 0 Å². The molecular weight excluding hydrogens is 314 g/mol. The molecule has 0 radical (unpaired) electrons. The van der Waals surface area contributed by atoms with Crippen LogP contribution in [0.5, 0.6) is 0 Å². The summed E-state index contributed by atoms with van der Waals surface area (Å²) in [6.07, 6.45) is -13.0. The number of hydrogen-bond acceptors (Lipinski definition) is 11. The maximum atomic E-state index is 10.0. The molecule has 0 unspecified atom stereocenters. The molecule has 0 aromatic carbocycles. The largest absolute Gasteiger partial charge is 0.389 e. The smallest absolute Gasteiger partial charge is 0.110 e. The van der Waals surface area contributed by atoms with E-state index in [9.17, 15) is 40.9 Å². The van der Waals surface area contributed by atoms with Gasteiger partial charge in [0.1, 0.15) is 24.4 Å². The summed E-state index contributed by atoms with van der Waals surface area (Å²) in [6, 6.07) is -4.82. The van der Waals surface area contributed by atoms with Gasteiger partial charge in [0.2, 0.25) is 0 Å². The van der Waals surface area contributed by atoms with E-state index in [1.807, 2.05) is 0 Å². The molecule has 2 fully saturated rings. The van der Waals surface area contributed by atoms with Crippen LogP contribution in [0.3, 0.4) is 0 Å². The normalized spacial score (nSPS) is 58.2. The van der Waals surface area contributed by atoms with Crippen LogP contribution >= 0.6 is 0 Å². The van der Waals surface area contributed by atoms with Crippen molar-refractivity contribution in [3.63, 3.8) is 0 Å². The molecule has 0 aliphatic heterocycles. The Morgan fingerprint density at radius 1 is 0.435 bits per heavy atom. The Balaban J connectivity index is 2.19. The third-order valence-electron chi connectivity index (χ3n) is 4.84. The summed E-state index contributed by atoms with van der Waals surface area (Å²) in [5, 5.41) is 80.8. The van der Waals surface area contributed by atoms with Gasteiger partial charge in [-0.15, -0.1) is 0 Å². The second-order valence-electron chi connectivity index (χ2n) is 6.30. The average Bonchev–Trinajstić information content (AvgIpc) is 2.54. The van der Waals surface area contributed by atoms with Gasteiger partial charge in [0.25, 0.3) is 0 Å². The molecular formula is C12H25N3O8. The standard InChI is InChI=1S/C12H25N3O8/c13-1-3(7(18)11(22)9(20)5(1)16)15-4-2(14)6(17)10(21)12(23)8(4)19/h1-12,15-23H,13-14H2/t1-,2-,3-,4-,5+,6+,7+,8+,9+,10+,11+,12+/m1/s1. The second kappa shape index (κ2) is 6.82. The van der Waals surface area contributed by atoms with Crippen molar-refractivity contribution < 1.29 is 40.9 Å². The molecule has 2 aliphatic rings. The Labute approximate surface area is 131 Å². The highest BCUT2D eigenvalue weighted by Gasteiger charge is 2.52. The predicted molar refractivity (Wildman–Crippen MR) is 74.7 cm³/mol. The number of rotatable bonds is 2.